The summed E-state index contributed by atoms with van der Waals surface area (Å²) in [4.78, 5) is 23.9. The van der Waals surface area contributed by atoms with Crippen LogP contribution in [0.3, 0.4) is 0 Å². The van der Waals surface area contributed by atoms with Crippen LogP contribution in [0.4, 0.5) is 4.39 Å². The Hall–Kier alpha value is -2.40. The number of halogens is 2. The zero-order valence-electron chi connectivity index (χ0n) is 11.6. The highest BCUT2D eigenvalue weighted by Gasteiger charge is 2.28. The highest BCUT2D eigenvalue weighted by Crippen LogP contribution is 2.27. The Balaban J connectivity index is 2.28. The standard InChI is InChI=1S/C16H12ClFO4/c1-21-16(20)14(12-4-2-3-5-13(12)17)22-15(19)10-6-8-11(18)9-7-10/h2-9,14H,1H3. The summed E-state index contributed by atoms with van der Waals surface area (Å²) in [6.45, 7) is 0. The zero-order chi connectivity index (χ0) is 16.1. The predicted molar refractivity (Wildman–Crippen MR) is 78.0 cm³/mol. The lowest BCUT2D eigenvalue weighted by molar-refractivity contribution is -0.151. The van der Waals surface area contributed by atoms with Crippen LogP contribution < -0.4 is 0 Å². The van der Waals surface area contributed by atoms with E-state index in [0.29, 0.717) is 5.56 Å². The van der Waals surface area contributed by atoms with Crippen molar-refractivity contribution in [2.24, 2.45) is 0 Å². The second kappa shape index (κ2) is 7.04. The van der Waals surface area contributed by atoms with Crippen molar-refractivity contribution in [3.8, 4) is 0 Å². The van der Waals surface area contributed by atoms with E-state index in [1.54, 1.807) is 24.3 Å². The SMILES string of the molecule is COC(=O)C(OC(=O)c1ccc(F)cc1)c1ccccc1Cl. The molecule has 0 heterocycles. The zero-order valence-corrected chi connectivity index (χ0v) is 12.3. The van der Waals surface area contributed by atoms with Crippen molar-refractivity contribution >= 4 is 23.5 Å². The van der Waals surface area contributed by atoms with Gasteiger partial charge in [0.1, 0.15) is 5.82 Å². The van der Waals surface area contributed by atoms with Gasteiger partial charge in [-0.15, -0.1) is 0 Å². The summed E-state index contributed by atoms with van der Waals surface area (Å²) in [7, 11) is 1.18. The van der Waals surface area contributed by atoms with Crippen LogP contribution in [-0.2, 0) is 14.3 Å². The molecule has 0 saturated carbocycles. The number of hydrogen-bond acceptors (Lipinski definition) is 4. The van der Waals surface area contributed by atoms with Gasteiger partial charge in [0.25, 0.3) is 0 Å². The average Bonchev–Trinajstić information content (AvgIpc) is 2.53. The van der Waals surface area contributed by atoms with Gasteiger partial charge in [0, 0.05) is 10.6 Å². The Bertz CT molecular complexity index is 685. The molecule has 0 aromatic heterocycles. The molecule has 0 saturated heterocycles. The van der Waals surface area contributed by atoms with E-state index in [0.717, 1.165) is 12.1 Å². The van der Waals surface area contributed by atoms with Crippen molar-refractivity contribution in [3.63, 3.8) is 0 Å². The molecular weight excluding hydrogens is 311 g/mol. The van der Waals surface area contributed by atoms with Crippen molar-refractivity contribution in [2.45, 2.75) is 6.10 Å². The van der Waals surface area contributed by atoms with E-state index < -0.39 is 23.9 Å². The summed E-state index contributed by atoms with van der Waals surface area (Å²) in [6, 6.07) is 11.2. The van der Waals surface area contributed by atoms with Gasteiger partial charge in [-0.05, 0) is 30.3 Å². The molecule has 1 unspecified atom stereocenters. The maximum absolute atomic E-state index is 12.9. The van der Waals surface area contributed by atoms with Crippen molar-refractivity contribution in [2.75, 3.05) is 7.11 Å². The Morgan fingerprint density at radius 1 is 1.09 bits per heavy atom. The molecule has 0 spiro atoms. The smallest absolute Gasteiger partial charge is 0.352 e. The first-order valence-corrected chi connectivity index (χ1v) is 6.69. The molecule has 2 rings (SSSR count). The summed E-state index contributed by atoms with van der Waals surface area (Å²) in [5.41, 5.74) is 0.425. The van der Waals surface area contributed by atoms with Crippen LogP contribution in [0.15, 0.2) is 48.5 Å². The van der Waals surface area contributed by atoms with Crippen LogP contribution in [0.25, 0.3) is 0 Å². The third-order valence-corrected chi connectivity index (χ3v) is 3.25. The summed E-state index contributed by atoms with van der Waals surface area (Å²) in [5, 5.41) is 0.268. The maximum atomic E-state index is 12.9. The van der Waals surface area contributed by atoms with E-state index in [4.69, 9.17) is 16.3 Å². The van der Waals surface area contributed by atoms with E-state index in [-0.39, 0.29) is 10.6 Å². The van der Waals surface area contributed by atoms with Gasteiger partial charge in [-0.2, -0.15) is 0 Å². The minimum atomic E-state index is -1.30. The van der Waals surface area contributed by atoms with Crippen LogP contribution in [-0.4, -0.2) is 19.0 Å². The van der Waals surface area contributed by atoms with Gasteiger partial charge in [-0.3, -0.25) is 0 Å². The number of rotatable bonds is 4. The van der Waals surface area contributed by atoms with Crippen LogP contribution in [0.1, 0.15) is 22.0 Å². The normalized spacial score (nSPS) is 11.6. The first kappa shape index (κ1) is 16.0. The lowest BCUT2D eigenvalue weighted by Crippen LogP contribution is -2.21. The summed E-state index contributed by atoms with van der Waals surface area (Å²) >= 11 is 6.02. The number of esters is 2. The average molecular weight is 323 g/mol. The molecular formula is C16H12ClFO4. The Labute approximate surface area is 131 Å². The highest BCUT2D eigenvalue weighted by molar-refractivity contribution is 6.31. The topological polar surface area (TPSA) is 52.6 Å². The molecule has 0 aliphatic heterocycles. The fourth-order valence-electron chi connectivity index (χ4n) is 1.79. The van der Waals surface area contributed by atoms with E-state index in [1.165, 1.54) is 19.2 Å². The third kappa shape index (κ3) is 3.62. The maximum Gasteiger partial charge on any atom is 0.352 e. The summed E-state index contributed by atoms with van der Waals surface area (Å²) in [5.74, 6) is -2.02. The molecule has 4 nitrogen and oxygen atoms in total. The van der Waals surface area contributed by atoms with Gasteiger partial charge in [0.05, 0.1) is 12.7 Å². The monoisotopic (exact) mass is 322 g/mol. The molecule has 6 heteroatoms. The van der Waals surface area contributed by atoms with Crippen LogP contribution in [0.2, 0.25) is 5.02 Å². The van der Waals surface area contributed by atoms with Crippen molar-refractivity contribution < 1.29 is 23.5 Å². The number of carbonyl (C=O) groups excluding carboxylic acids is 2. The molecule has 0 bridgehead atoms. The van der Waals surface area contributed by atoms with E-state index in [2.05, 4.69) is 4.74 Å². The Morgan fingerprint density at radius 3 is 2.32 bits per heavy atom. The molecule has 0 aliphatic rings. The molecule has 0 radical (unpaired) electrons. The van der Waals surface area contributed by atoms with Crippen molar-refractivity contribution in [1.82, 2.24) is 0 Å². The summed E-state index contributed by atoms with van der Waals surface area (Å²) < 4.78 is 22.7. The second-order valence-electron chi connectivity index (χ2n) is 4.34. The van der Waals surface area contributed by atoms with Crippen molar-refractivity contribution in [3.05, 3.63) is 70.5 Å². The molecule has 0 amide bonds. The number of benzene rings is 2. The van der Waals surface area contributed by atoms with Gasteiger partial charge in [-0.1, -0.05) is 29.8 Å². The van der Waals surface area contributed by atoms with Crippen LogP contribution in [0, 0.1) is 5.82 Å². The van der Waals surface area contributed by atoms with Gasteiger partial charge < -0.3 is 9.47 Å². The summed E-state index contributed by atoms with van der Waals surface area (Å²) in [6.07, 6.45) is -1.30. The quantitative estimate of drug-likeness (QED) is 0.808. The van der Waals surface area contributed by atoms with E-state index in [1.807, 2.05) is 0 Å². The fourth-order valence-corrected chi connectivity index (χ4v) is 2.03. The van der Waals surface area contributed by atoms with E-state index >= 15 is 0 Å². The Kier molecular flexibility index (Phi) is 5.12. The Morgan fingerprint density at radius 2 is 1.73 bits per heavy atom. The number of methoxy groups -OCH3 is 1. The molecule has 2 aromatic rings. The highest BCUT2D eigenvalue weighted by atomic mass is 35.5. The molecule has 22 heavy (non-hydrogen) atoms. The molecule has 0 fully saturated rings. The first-order valence-electron chi connectivity index (χ1n) is 6.31. The van der Waals surface area contributed by atoms with Gasteiger partial charge in [-0.25, -0.2) is 14.0 Å². The van der Waals surface area contributed by atoms with Gasteiger partial charge >= 0.3 is 11.9 Å². The number of ether oxygens (including phenoxy) is 2. The van der Waals surface area contributed by atoms with Crippen LogP contribution >= 0.6 is 11.6 Å². The largest absolute Gasteiger partial charge is 0.466 e. The molecule has 2 aromatic carbocycles. The molecule has 0 N–H and O–H groups in total. The molecule has 114 valence electrons. The molecule has 0 aliphatic carbocycles. The number of hydrogen-bond donors (Lipinski definition) is 0. The van der Waals surface area contributed by atoms with E-state index in [9.17, 15) is 14.0 Å². The number of carbonyl (C=O) groups is 2. The van der Waals surface area contributed by atoms with Gasteiger partial charge in [0.15, 0.2) is 0 Å². The van der Waals surface area contributed by atoms with Gasteiger partial charge in [0.2, 0.25) is 6.10 Å². The van der Waals surface area contributed by atoms with Crippen LogP contribution in [0.5, 0.6) is 0 Å². The fraction of sp³-hybridized carbons (Fsp3) is 0.125. The predicted octanol–water partition coefficient (Wildman–Crippen LogP) is 3.55. The minimum Gasteiger partial charge on any atom is -0.466 e. The third-order valence-electron chi connectivity index (χ3n) is 2.91. The molecule has 1 atom stereocenters. The lowest BCUT2D eigenvalue weighted by atomic mass is 10.1. The van der Waals surface area contributed by atoms with Crippen molar-refractivity contribution in [1.29, 1.82) is 0 Å². The first-order chi connectivity index (χ1) is 10.5. The minimum absolute atomic E-state index is 0.113. The second-order valence-corrected chi connectivity index (χ2v) is 4.74. The lowest BCUT2D eigenvalue weighted by Gasteiger charge is -2.17.